The second kappa shape index (κ2) is 4.56. The number of hydrogen-bond acceptors (Lipinski definition) is 4. The summed E-state index contributed by atoms with van der Waals surface area (Å²) in [6.45, 7) is 4.33. The van der Waals surface area contributed by atoms with Gasteiger partial charge in [0.05, 0.1) is 5.69 Å². The van der Waals surface area contributed by atoms with Gasteiger partial charge in [-0.1, -0.05) is 13.8 Å². The van der Waals surface area contributed by atoms with Crippen molar-refractivity contribution < 1.29 is 19.4 Å². The number of fused-ring (bicyclic) bond motifs is 1. The zero-order valence-electron chi connectivity index (χ0n) is 11.1. The van der Waals surface area contributed by atoms with E-state index in [0.29, 0.717) is 17.2 Å². The molecule has 0 amide bonds. The van der Waals surface area contributed by atoms with Crippen LogP contribution < -0.4 is 9.47 Å². The highest BCUT2D eigenvalue weighted by atomic mass is 16.7. The Morgan fingerprint density at radius 1 is 1.30 bits per heavy atom. The van der Waals surface area contributed by atoms with Crippen LogP contribution in [0.2, 0.25) is 0 Å². The van der Waals surface area contributed by atoms with Gasteiger partial charge in [-0.2, -0.15) is 5.10 Å². The summed E-state index contributed by atoms with van der Waals surface area (Å²) in [5.74, 6) is 0.593. The van der Waals surface area contributed by atoms with E-state index in [9.17, 15) is 4.79 Å². The van der Waals surface area contributed by atoms with Gasteiger partial charge in [-0.15, -0.1) is 0 Å². The van der Waals surface area contributed by atoms with Gasteiger partial charge in [-0.05, 0) is 29.7 Å². The van der Waals surface area contributed by atoms with Crippen LogP contribution in [-0.4, -0.2) is 28.1 Å². The molecule has 0 saturated carbocycles. The van der Waals surface area contributed by atoms with Gasteiger partial charge in [0.15, 0.2) is 11.5 Å². The van der Waals surface area contributed by atoms with Gasteiger partial charge >= 0.3 is 5.97 Å². The lowest BCUT2D eigenvalue weighted by molar-refractivity contribution is 0.0690. The SMILES string of the molecule is CC(C)c1cc2c(cc1-c1cc(C(=O)O)[nH]n1)OCO2. The summed E-state index contributed by atoms with van der Waals surface area (Å²) in [7, 11) is 0. The van der Waals surface area contributed by atoms with Crippen molar-refractivity contribution in [3.8, 4) is 22.8 Å². The molecule has 2 heterocycles. The molecular formula is C14H14N2O4. The van der Waals surface area contributed by atoms with Gasteiger partial charge in [-0.3, -0.25) is 5.10 Å². The van der Waals surface area contributed by atoms with Crippen LogP contribution in [0.5, 0.6) is 11.5 Å². The Morgan fingerprint density at radius 3 is 2.60 bits per heavy atom. The maximum absolute atomic E-state index is 10.9. The Bertz CT molecular complexity index is 676. The Morgan fingerprint density at radius 2 is 2.00 bits per heavy atom. The number of aromatic nitrogens is 2. The molecule has 0 saturated heterocycles. The first kappa shape index (κ1) is 12.5. The van der Waals surface area contributed by atoms with E-state index in [0.717, 1.165) is 11.1 Å². The summed E-state index contributed by atoms with van der Waals surface area (Å²) in [6, 6.07) is 5.29. The number of carbonyl (C=O) groups is 1. The molecule has 0 aliphatic carbocycles. The summed E-state index contributed by atoms with van der Waals surface area (Å²) in [5, 5.41) is 15.6. The standard InChI is InChI=1S/C14H14N2O4/c1-7(2)8-3-12-13(20-6-19-12)4-9(8)10-5-11(14(17)18)16-15-10/h3-5,7H,6H2,1-2H3,(H,15,16)(H,17,18). The number of carboxylic acids is 1. The number of aromatic amines is 1. The molecule has 20 heavy (non-hydrogen) atoms. The Labute approximate surface area is 115 Å². The lowest BCUT2D eigenvalue weighted by Crippen LogP contribution is -1.95. The van der Waals surface area contributed by atoms with Crippen LogP contribution in [0, 0.1) is 0 Å². The predicted molar refractivity (Wildman–Crippen MR) is 71.2 cm³/mol. The number of carboxylic acid groups (broad SMARTS) is 1. The van der Waals surface area contributed by atoms with Gasteiger partial charge in [0, 0.05) is 5.56 Å². The normalized spacial score (nSPS) is 12.9. The van der Waals surface area contributed by atoms with Crippen molar-refractivity contribution in [2.24, 2.45) is 0 Å². The minimum atomic E-state index is -1.03. The third-order valence-electron chi connectivity index (χ3n) is 3.25. The molecular weight excluding hydrogens is 260 g/mol. The third kappa shape index (κ3) is 1.99. The maximum atomic E-state index is 10.9. The van der Waals surface area contributed by atoms with Gasteiger partial charge in [0.25, 0.3) is 0 Å². The fourth-order valence-corrected chi connectivity index (χ4v) is 2.23. The number of H-pyrrole nitrogens is 1. The van der Waals surface area contributed by atoms with E-state index in [2.05, 4.69) is 24.0 Å². The molecule has 0 unspecified atom stereocenters. The first-order chi connectivity index (χ1) is 9.56. The number of benzene rings is 1. The summed E-state index contributed by atoms with van der Waals surface area (Å²) in [5.41, 5.74) is 2.54. The topological polar surface area (TPSA) is 84.4 Å². The van der Waals surface area contributed by atoms with Gasteiger partial charge in [0.1, 0.15) is 5.69 Å². The molecule has 104 valence electrons. The largest absolute Gasteiger partial charge is 0.477 e. The van der Waals surface area contributed by atoms with Gasteiger partial charge in [-0.25, -0.2) is 4.79 Å². The average molecular weight is 274 g/mol. The number of nitrogens with zero attached hydrogens (tertiary/aromatic N) is 1. The van der Waals surface area contributed by atoms with Crippen molar-refractivity contribution in [2.75, 3.05) is 6.79 Å². The highest BCUT2D eigenvalue weighted by Crippen LogP contribution is 2.40. The Balaban J connectivity index is 2.13. The van der Waals surface area contributed by atoms with Crippen LogP contribution in [0.3, 0.4) is 0 Å². The molecule has 2 aromatic rings. The number of hydrogen-bond donors (Lipinski definition) is 2. The summed E-state index contributed by atoms with van der Waals surface area (Å²) in [4.78, 5) is 10.9. The predicted octanol–water partition coefficient (Wildman–Crippen LogP) is 2.63. The van der Waals surface area contributed by atoms with E-state index in [4.69, 9.17) is 14.6 Å². The van der Waals surface area contributed by atoms with Crippen molar-refractivity contribution in [1.82, 2.24) is 10.2 Å². The molecule has 6 nitrogen and oxygen atoms in total. The van der Waals surface area contributed by atoms with E-state index < -0.39 is 5.97 Å². The van der Waals surface area contributed by atoms with Crippen LogP contribution in [0.4, 0.5) is 0 Å². The summed E-state index contributed by atoms with van der Waals surface area (Å²) >= 11 is 0. The lowest BCUT2D eigenvalue weighted by atomic mass is 9.94. The molecule has 0 bridgehead atoms. The van der Waals surface area contributed by atoms with E-state index in [1.54, 1.807) is 0 Å². The van der Waals surface area contributed by atoms with Crippen LogP contribution in [-0.2, 0) is 0 Å². The van der Waals surface area contributed by atoms with E-state index in [1.807, 2.05) is 12.1 Å². The number of ether oxygens (including phenoxy) is 2. The number of aromatic carboxylic acids is 1. The van der Waals surface area contributed by atoms with Crippen molar-refractivity contribution in [3.05, 3.63) is 29.5 Å². The molecule has 0 radical (unpaired) electrons. The monoisotopic (exact) mass is 274 g/mol. The smallest absolute Gasteiger partial charge is 0.353 e. The fraction of sp³-hybridized carbons (Fsp3) is 0.286. The van der Waals surface area contributed by atoms with Crippen LogP contribution in [0.1, 0.15) is 35.8 Å². The molecule has 2 N–H and O–H groups in total. The van der Waals surface area contributed by atoms with Gasteiger partial charge < -0.3 is 14.6 Å². The second-order valence-electron chi connectivity index (χ2n) is 4.92. The number of nitrogens with one attached hydrogen (secondary N) is 1. The average Bonchev–Trinajstić information content (AvgIpc) is 3.05. The minimum Gasteiger partial charge on any atom is -0.477 e. The molecule has 0 atom stereocenters. The van der Waals surface area contributed by atoms with Gasteiger partial charge in [0.2, 0.25) is 6.79 Å². The highest BCUT2D eigenvalue weighted by Gasteiger charge is 2.21. The molecule has 0 spiro atoms. The lowest BCUT2D eigenvalue weighted by Gasteiger charge is -2.12. The van der Waals surface area contributed by atoms with Crippen molar-refractivity contribution in [3.63, 3.8) is 0 Å². The maximum Gasteiger partial charge on any atom is 0.353 e. The van der Waals surface area contributed by atoms with E-state index >= 15 is 0 Å². The first-order valence-electron chi connectivity index (χ1n) is 6.29. The zero-order chi connectivity index (χ0) is 14.3. The van der Waals surface area contributed by atoms with E-state index in [1.165, 1.54) is 6.07 Å². The van der Waals surface area contributed by atoms with Crippen LogP contribution >= 0.6 is 0 Å². The fourth-order valence-electron chi connectivity index (χ4n) is 2.23. The molecule has 0 fully saturated rings. The molecule has 1 aromatic carbocycles. The second-order valence-corrected chi connectivity index (χ2v) is 4.92. The highest BCUT2D eigenvalue weighted by molar-refractivity contribution is 5.87. The molecule has 1 aromatic heterocycles. The third-order valence-corrected chi connectivity index (χ3v) is 3.25. The number of rotatable bonds is 3. The Kier molecular flexibility index (Phi) is 2.85. The van der Waals surface area contributed by atoms with Crippen molar-refractivity contribution >= 4 is 5.97 Å². The summed E-state index contributed by atoms with van der Waals surface area (Å²) < 4.78 is 10.8. The molecule has 3 rings (SSSR count). The quantitative estimate of drug-likeness (QED) is 0.898. The van der Waals surface area contributed by atoms with E-state index in [-0.39, 0.29) is 18.4 Å². The molecule has 1 aliphatic heterocycles. The van der Waals surface area contributed by atoms with Crippen molar-refractivity contribution in [2.45, 2.75) is 19.8 Å². The minimum absolute atomic E-state index is 0.0624. The van der Waals surface area contributed by atoms with Crippen LogP contribution in [0.25, 0.3) is 11.3 Å². The Hall–Kier alpha value is -2.50. The van der Waals surface area contributed by atoms with Crippen LogP contribution in [0.15, 0.2) is 18.2 Å². The molecule has 1 aliphatic rings. The first-order valence-corrected chi connectivity index (χ1v) is 6.29. The molecule has 6 heteroatoms. The zero-order valence-corrected chi connectivity index (χ0v) is 11.1. The summed E-state index contributed by atoms with van der Waals surface area (Å²) in [6.07, 6.45) is 0. The van der Waals surface area contributed by atoms with Crippen molar-refractivity contribution in [1.29, 1.82) is 0 Å².